The third-order valence-electron chi connectivity index (χ3n) is 1.90. The average Bonchev–Trinajstić information content (AvgIpc) is 2.23. The molecule has 1 rings (SSSR count). The first-order valence-corrected chi connectivity index (χ1v) is 5.45. The number of carbonyl (C=O) groups is 2. The van der Waals surface area contributed by atoms with Gasteiger partial charge < -0.3 is 15.7 Å². The van der Waals surface area contributed by atoms with Gasteiger partial charge in [-0.1, -0.05) is 0 Å². The van der Waals surface area contributed by atoms with Crippen LogP contribution in [-0.2, 0) is 4.79 Å². The molecule has 0 aliphatic rings. The Bertz CT molecular complexity index is 453. The van der Waals surface area contributed by atoms with E-state index in [4.69, 9.17) is 5.11 Å². The van der Waals surface area contributed by atoms with Crippen LogP contribution in [-0.4, -0.2) is 23.1 Å². The molecule has 5 nitrogen and oxygen atoms in total. The Morgan fingerprint density at radius 3 is 2.65 bits per heavy atom. The van der Waals surface area contributed by atoms with Crippen LogP contribution in [0.5, 0.6) is 0 Å². The number of rotatable bonds is 3. The quantitative estimate of drug-likeness (QED) is 0.801. The van der Waals surface area contributed by atoms with Crippen LogP contribution in [0.15, 0.2) is 22.7 Å². The van der Waals surface area contributed by atoms with E-state index in [1.807, 2.05) is 0 Å². The van der Waals surface area contributed by atoms with Crippen molar-refractivity contribution < 1.29 is 19.1 Å². The fraction of sp³-hybridized carbons (Fsp3) is 0.200. The standard InChI is InChI=1S/C10H10BrFN2O3/c1-5(9(15)16)13-10(17)14-6-2-3-8(12)7(11)4-6/h2-5H,1H3,(H,15,16)(H2,13,14,17)/t5-/m0/s1. The van der Waals surface area contributed by atoms with Crippen molar-refractivity contribution in [3.05, 3.63) is 28.5 Å². The topological polar surface area (TPSA) is 78.4 Å². The van der Waals surface area contributed by atoms with Crippen LogP contribution in [0.2, 0.25) is 0 Å². The number of carboxylic acid groups (broad SMARTS) is 1. The van der Waals surface area contributed by atoms with Gasteiger partial charge in [0.25, 0.3) is 0 Å². The fourth-order valence-electron chi connectivity index (χ4n) is 0.999. The number of anilines is 1. The molecule has 0 fully saturated rings. The summed E-state index contributed by atoms with van der Waals surface area (Å²) in [5, 5.41) is 13.2. The molecule has 0 bridgehead atoms. The van der Waals surface area contributed by atoms with E-state index >= 15 is 0 Å². The Kier molecular flexibility index (Phi) is 4.45. The van der Waals surface area contributed by atoms with Crippen LogP contribution in [0.25, 0.3) is 0 Å². The van der Waals surface area contributed by atoms with Crippen LogP contribution < -0.4 is 10.6 Å². The van der Waals surface area contributed by atoms with E-state index in [0.717, 1.165) is 0 Å². The number of halogens is 2. The van der Waals surface area contributed by atoms with Crippen molar-refractivity contribution in [3.63, 3.8) is 0 Å². The Hall–Kier alpha value is -1.63. The minimum Gasteiger partial charge on any atom is -0.480 e. The van der Waals surface area contributed by atoms with E-state index in [2.05, 4.69) is 26.6 Å². The first-order chi connectivity index (χ1) is 7.90. The predicted molar refractivity (Wildman–Crippen MR) is 63.4 cm³/mol. The van der Waals surface area contributed by atoms with Crippen LogP contribution in [0.4, 0.5) is 14.9 Å². The van der Waals surface area contributed by atoms with Crippen LogP contribution in [0, 0.1) is 5.82 Å². The summed E-state index contributed by atoms with van der Waals surface area (Å²) < 4.78 is 13.1. The van der Waals surface area contributed by atoms with Gasteiger partial charge in [-0.2, -0.15) is 0 Å². The first-order valence-electron chi connectivity index (χ1n) is 4.65. The van der Waals surface area contributed by atoms with Crippen molar-refractivity contribution in [1.82, 2.24) is 5.32 Å². The number of amides is 2. The summed E-state index contributed by atoms with van der Waals surface area (Å²) in [4.78, 5) is 21.8. The predicted octanol–water partition coefficient (Wildman–Crippen LogP) is 2.18. The van der Waals surface area contributed by atoms with Crippen molar-refractivity contribution in [2.24, 2.45) is 0 Å². The zero-order chi connectivity index (χ0) is 13.0. The van der Waals surface area contributed by atoms with Gasteiger partial charge in [-0.25, -0.2) is 9.18 Å². The number of urea groups is 1. The lowest BCUT2D eigenvalue weighted by atomic mass is 10.3. The number of hydrogen-bond acceptors (Lipinski definition) is 2. The highest BCUT2D eigenvalue weighted by Gasteiger charge is 2.13. The summed E-state index contributed by atoms with van der Waals surface area (Å²) in [6.45, 7) is 1.34. The first kappa shape index (κ1) is 13.4. The van der Waals surface area contributed by atoms with Gasteiger partial charge in [0.2, 0.25) is 0 Å². The zero-order valence-electron chi connectivity index (χ0n) is 8.83. The molecular weight excluding hydrogens is 295 g/mol. The molecule has 1 aromatic carbocycles. The number of nitrogens with one attached hydrogen (secondary N) is 2. The molecule has 1 aromatic rings. The Morgan fingerprint density at radius 2 is 2.12 bits per heavy atom. The molecule has 17 heavy (non-hydrogen) atoms. The molecule has 0 saturated heterocycles. The molecule has 0 aliphatic heterocycles. The fourth-order valence-corrected chi connectivity index (χ4v) is 1.38. The highest BCUT2D eigenvalue weighted by atomic mass is 79.9. The van der Waals surface area contributed by atoms with Crippen molar-refractivity contribution in [1.29, 1.82) is 0 Å². The van der Waals surface area contributed by atoms with E-state index in [9.17, 15) is 14.0 Å². The molecule has 1 atom stereocenters. The molecule has 92 valence electrons. The van der Waals surface area contributed by atoms with Crippen LogP contribution >= 0.6 is 15.9 Å². The largest absolute Gasteiger partial charge is 0.480 e. The summed E-state index contributed by atoms with van der Waals surface area (Å²) >= 11 is 2.97. The molecule has 2 amide bonds. The maximum Gasteiger partial charge on any atom is 0.325 e. The van der Waals surface area contributed by atoms with Crippen molar-refractivity contribution in [2.45, 2.75) is 13.0 Å². The number of carbonyl (C=O) groups excluding carboxylic acids is 1. The second kappa shape index (κ2) is 5.62. The van der Waals surface area contributed by atoms with E-state index in [-0.39, 0.29) is 4.47 Å². The number of hydrogen-bond donors (Lipinski definition) is 3. The van der Waals surface area contributed by atoms with E-state index in [1.54, 1.807) is 0 Å². The molecule has 0 radical (unpaired) electrons. The van der Waals surface area contributed by atoms with Gasteiger partial charge in [0.1, 0.15) is 11.9 Å². The van der Waals surface area contributed by atoms with Crippen molar-refractivity contribution in [2.75, 3.05) is 5.32 Å². The third kappa shape index (κ3) is 4.03. The van der Waals surface area contributed by atoms with Crippen molar-refractivity contribution >= 4 is 33.6 Å². The molecule has 0 spiro atoms. The maximum atomic E-state index is 12.9. The van der Waals surface area contributed by atoms with E-state index in [0.29, 0.717) is 5.69 Å². The highest BCUT2D eigenvalue weighted by Crippen LogP contribution is 2.19. The SMILES string of the molecule is C[C@H](NC(=O)Nc1ccc(F)c(Br)c1)C(=O)O. The lowest BCUT2D eigenvalue weighted by Crippen LogP contribution is -2.40. The lowest BCUT2D eigenvalue weighted by Gasteiger charge is -2.10. The Labute approximate surface area is 105 Å². The van der Waals surface area contributed by atoms with Gasteiger partial charge in [0, 0.05) is 5.69 Å². The maximum absolute atomic E-state index is 12.9. The van der Waals surface area contributed by atoms with Crippen LogP contribution in [0.3, 0.4) is 0 Å². The summed E-state index contributed by atoms with van der Waals surface area (Å²) in [5.41, 5.74) is 0.355. The second-order valence-corrected chi connectivity index (χ2v) is 4.14. The minimum absolute atomic E-state index is 0.210. The Balaban J connectivity index is 2.62. The summed E-state index contributed by atoms with van der Waals surface area (Å²) in [6, 6.07) is 2.25. The smallest absolute Gasteiger partial charge is 0.325 e. The molecule has 0 heterocycles. The van der Waals surface area contributed by atoms with Crippen LogP contribution in [0.1, 0.15) is 6.92 Å². The van der Waals surface area contributed by atoms with Gasteiger partial charge in [-0.15, -0.1) is 0 Å². The lowest BCUT2D eigenvalue weighted by molar-refractivity contribution is -0.138. The van der Waals surface area contributed by atoms with Crippen molar-refractivity contribution in [3.8, 4) is 0 Å². The van der Waals surface area contributed by atoms with Gasteiger partial charge in [0.05, 0.1) is 4.47 Å². The zero-order valence-corrected chi connectivity index (χ0v) is 10.4. The molecule has 3 N–H and O–H groups in total. The number of aliphatic carboxylic acids is 1. The molecular formula is C10H10BrFN2O3. The third-order valence-corrected chi connectivity index (χ3v) is 2.50. The molecule has 0 aromatic heterocycles. The average molecular weight is 305 g/mol. The van der Waals surface area contributed by atoms with E-state index in [1.165, 1.54) is 25.1 Å². The van der Waals surface area contributed by atoms with Gasteiger partial charge in [-0.05, 0) is 41.1 Å². The van der Waals surface area contributed by atoms with Gasteiger partial charge in [-0.3, -0.25) is 4.79 Å². The molecule has 7 heteroatoms. The van der Waals surface area contributed by atoms with Gasteiger partial charge in [0.15, 0.2) is 0 Å². The minimum atomic E-state index is -1.14. The highest BCUT2D eigenvalue weighted by molar-refractivity contribution is 9.10. The van der Waals surface area contributed by atoms with Gasteiger partial charge >= 0.3 is 12.0 Å². The Morgan fingerprint density at radius 1 is 1.47 bits per heavy atom. The number of carboxylic acids is 1. The summed E-state index contributed by atoms with van der Waals surface area (Å²) in [6.07, 6.45) is 0. The van der Waals surface area contributed by atoms with E-state index < -0.39 is 23.9 Å². The summed E-state index contributed by atoms with van der Waals surface area (Å²) in [5.74, 6) is -1.59. The monoisotopic (exact) mass is 304 g/mol. The second-order valence-electron chi connectivity index (χ2n) is 3.29. The molecule has 0 unspecified atom stereocenters. The number of benzene rings is 1. The molecule has 0 saturated carbocycles. The normalized spacial score (nSPS) is 11.7. The summed E-state index contributed by atoms with van der Waals surface area (Å²) in [7, 11) is 0. The molecule has 0 aliphatic carbocycles.